The summed E-state index contributed by atoms with van der Waals surface area (Å²) in [5, 5.41) is 9.57. The lowest BCUT2D eigenvalue weighted by Crippen LogP contribution is -2.28. The molecule has 0 fully saturated rings. The summed E-state index contributed by atoms with van der Waals surface area (Å²) in [4.78, 5) is 38.5. The van der Waals surface area contributed by atoms with Crippen molar-refractivity contribution in [2.75, 3.05) is 13.7 Å². The third-order valence-corrected chi connectivity index (χ3v) is 3.56. The number of ether oxygens (including phenoxy) is 1. The standard InChI is InChI=1S/C16H19N3O5/c1-23-16(21)3-2-8-17-15(20)10-13-9-14(19-24-13)11-4-6-12(18-22)7-5-11/h4-7,13H,2-3,8-10H2,1H3,(H,17,20). The molecule has 0 radical (unpaired) electrons. The molecule has 0 bridgehead atoms. The first-order valence-corrected chi connectivity index (χ1v) is 7.62. The Hall–Kier alpha value is -2.77. The molecule has 128 valence electrons. The number of carbonyl (C=O) groups excluding carboxylic acids is 2. The van der Waals surface area contributed by atoms with Crippen LogP contribution >= 0.6 is 0 Å². The summed E-state index contributed by atoms with van der Waals surface area (Å²) in [6.07, 6.45) is 1.20. The maximum absolute atomic E-state index is 11.8. The van der Waals surface area contributed by atoms with Gasteiger partial charge in [-0.25, -0.2) is 0 Å². The van der Waals surface area contributed by atoms with Crippen LogP contribution in [0.5, 0.6) is 0 Å². The fourth-order valence-electron chi connectivity index (χ4n) is 2.26. The number of hydrogen-bond donors (Lipinski definition) is 1. The first-order valence-electron chi connectivity index (χ1n) is 7.62. The molecule has 1 N–H and O–H groups in total. The molecule has 0 saturated heterocycles. The van der Waals surface area contributed by atoms with Gasteiger partial charge in [-0.05, 0) is 29.3 Å². The summed E-state index contributed by atoms with van der Waals surface area (Å²) in [5.41, 5.74) is 1.92. The predicted molar refractivity (Wildman–Crippen MR) is 86.8 cm³/mol. The van der Waals surface area contributed by atoms with E-state index in [0.29, 0.717) is 25.1 Å². The summed E-state index contributed by atoms with van der Waals surface area (Å²) >= 11 is 0. The molecule has 0 spiro atoms. The van der Waals surface area contributed by atoms with Gasteiger partial charge in [-0.3, -0.25) is 9.59 Å². The van der Waals surface area contributed by atoms with Gasteiger partial charge < -0.3 is 14.9 Å². The average molecular weight is 333 g/mol. The lowest BCUT2D eigenvalue weighted by molar-refractivity contribution is -0.140. The van der Waals surface area contributed by atoms with E-state index in [2.05, 4.69) is 20.4 Å². The normalized spacial score (nSPS) is 16.0. The molecule has 24 heavy (non-hydrogen) atoms. The molecule has 1 heterocycles. The largest absolute Gasteiger partial charge is 0.469 e. The number of nitroso groups, excluding NO2 is 1. The lowest BCUT2D eigenvalue weighted by atomic mass is 10.0. The highest BCUT2D eigenvalue weighted by atomic mass is 16.6. The average Bonchev–Trinajstić information content (AvgIpc) is 3.07. The van der Waals surface area contributed by atoms with Crippen molar-refractivity contribution in [3.63, 3.8) is 0 Å². The Balaban J connectivity index is 1.71. The molecule has 1 aromatic rings. The highest BCUT2D eigenvalue weighted by Crippen LogP contribution is 2.21. The van der Waals surface area contributed by atoms with Gasteiger partial charge in [0.15, 0.2) is 0 Å². The van der Waals surface area contributed by atoms with E-state index in [1.54, 1.807) is 24.3 Å². The Kier molecular flexibility index (Phi) is 6.41. The van der Waals surface area contributed by atoms with Crippen LogP contribution in [-0.2, 0) is 19.2 Å². The number of carbonyl (C=O) groups is 2. The van der Waals surface area contributed by atoms with E-state index in [1.807, 2.05) is 0 Å². The monoisotopic (exact) mass is 333 g/mol. The van der Waals surface area contributed by atoms with Crippen LogP contribution in [0.15, 0.2) is 34.6 Å². The smallest absolute Gasteiger partial charge is 0.305 e. The van der Waals surface area contributed by atoms with Gasteiger partial charge in [-0.1, -0.05) is 17.3 Å². The molecule has 1 amide bonds. The predicted octanol–water partition coefficient (Wildman–Crippen LogP) is 2.04. The van der Waals surface area contributed by atoms with Gasteiger partial charge in [-0.15, -0.1) is 4.91 Å². The SMILES string of the molecule is COC(=O)CCCNC(=O)CC1CC(c2ccc(N=O)cc2)=NO1. The molecule has 1 aliphatic rings. The van der Waals surface area contributed by atoms with E-state index < -0.39 is 0 Å². The van der Waals surface area contributed by atoms with Crippen molar-refractivity contribution in [1.29, 1.82) is 0 Å². The first kappa shape index (κ1) is 17.6. The summed E-state index contributed by atoms with van der Waals surface area (Å²) in [7, 11) is 1.33. The van der Waals surface area contributed by atoms with Gasteiger partial charge in [0.1, 0.15) is 11.8 Å². The zero-order valence-electron chi connectivity index (χ0n) is 13.4. The highest BCUT2D eigenvalue weighted by Gasteiger charge is 2.24. The van der Waals surface area contributed by atoms with E-state index in [4.69, 9.17) is 4.84 Å². The van der Waals surface area contributed by atoms with Crippen LogP contribution in [0.2, 0.25) is 0 Å². The molecule has 1 atom stereocenters. The molecule has 2 rings (SSSR count). The van der Waals surface area contributed by atoms with Crippen molar-refractivity contribution in [3.05, 3.63) is 34.7 Å². The maximum atomic E-state index is 11.8. The van der Waals surface area contributed by atoms with E-state index in [1.165, 1.54) is 7.11 Å². The zero-order valence-corrected chi connectivity index (χ0v) is 13.4. The fraction of sp³-hybridized carbons (Fsp3) is 0.438. The molecule has 1 aliphatic heterocycles. The Morgan fingerprint density at radius 2 is 2.12 bits per heavy atom. The lowest BCUT2D eigenvalue weighted by Gasteiger charge is -2.08. The van der Waals surface area contributed by atoms with Crippen molar-refractivity contribution < 1.29 is 19.2 Å². The molecule has 8 heteroatoms. The number of methoxy groups -OCH3 is 1. The van der Waals surface area contributed by atoms with Crippen LogP contribution in [0.25, 0.3) is 0 Å². The highest BCUT2D eigenvalue weighted by molar-refractivity contribution is 6.01. The number of nitrogens with one attached hydrogen (secondary N) is 1. The molecule has 0 aliphatic carbocycles. The van der Waals surface area contributed by atoms with Crippen molar-refractivity contribution in [2.24, 2.45) is 10.3 Å². The van der Waals surface area contributed by atoms with Crippen molar-refractivity contribution in [2.45, 2.75) is 31.8 Å². The molecular weight excluding hydrogens is 314 g/mol. The number of hydrogen-bond acceptors (Lipinski definition) is 7. The minimum atomic E-state index is -0.315. The zero-order chi connectivity index (χ0) is 17.4. The number of esters is 1. The maximum Gasteiger partial charge on any atom is 0.305 e. The summed E-state index contributed by atoms with van der Waals surface area (Å²) < 4.78 is 4.52. The molecule has 0 saturated carbocycles. The van der Waals surface area contributed by atoms with Crippen molar-refractivity contribution >= 4 is 23.3 Å². The number of nitrogens with zero attached hydrogens (tertiary/aromatic N) is 2. The number of oxime groups is 1. The number of rotatable bonds is 8. The number of amides is 1. The molecule has 1 unspecified atom stereocenters. The van der Waals surface area contributed by atoms with E-state index >= 15 is 0 Å². The summed E-state index contributed by atoms with van der Waals surface area (Å²) in [5.74, 6) is -0.445. The second-order valence-electron chi connectivity index (χ2n) is 5.34. The topological polar surface area (TPSA) is 106 Å². The van der Waals surface area contributed by atoms with Gasteiger partial charge >= 0.3 is 5.97 Å². The Morgan fingerprint density at radius 1 is 1.38 bits per heavy atom. The van der Waals surface area contributed by atoms with E-state index in [0.717, 1.165) is 11.3 Å². The van der Waals surface area contributed by atoms with Crippen molar-refractivity contribution in [1.82, 2.24) is 5.32 Å². The van der Waals surface area contributed by atoms with E-state index in [9.17, 15) is 14.5 Å². The number of benzene rings is 1. The minimum Gasteiger partial charge on any atom is -0.469 e. The second kappa shape index (κ2) is 8.76. The molecular formula is C16H19N3O5. The van der Waals surface area contributed by atoms with Gasteiger partial charge in [0.2, 0.25) is 5.91 Å². The fourth-order valence-corrected chi connectivity index (χ4v) is 2.26. The Bertz CT molecular complexity index is 627. The van der Waals surface area contributed by atoms with E-state index in [-0.39, 0.29) is 30.8 Å². The second-order valence-corrected chi connectivity index (χ2v) is 5.34. The quantitative estimate of drug-likeness (QED) is 0.445. The van der Waals surface area contributed by atoms with Crippen molar-refractivity contribution in [3.8, 4) is 0 Å². The first-order chi connectivity index (χ1) is 11.6. The third-order valence-electron chi connectivity index (χ3n) is 3.56. The van der Waals surface area contributed by atoms with Crippen LogP contribution in [0.1, 0.15) is 31.2 Å². The van der Waals surface area contributed by atoms with Gasteiger partial charge in [0, 0.05) is 19.4 Å². The van der Waals surface area contributed by atoms with Crippen LogP contribution in [0, 0.1) is 4.91 Å². The molecule has 8 nitrogen and oxygen atoms in total. The van der Waals surface area contributed by atoms with Gasteiger partial charge in [0.25, 0.3) is 0 Å². The summed E-state index contributed by atoms with van der Waals surface area (Å²) in [6, 6.07) is 6.70. The van der Waals surface area contributed by atoms with Crippen LogP contribution in [-0.4, -0.2) is 37.3 Å². The van der Waals surface area contributed by atoms with Crippen LogP contribution in [0.3, 0.4) is 0 Å². The Labute approximate surface area is 139 Å². The minimum absolute atomic E-state index is 0.151. The molecule has 0 aromatic heterocycles. The third kappa shape index (κ3) is 5.15. The Morgan fingerprint density at radius 3 is 2.79 bits per heavy atom. The van der Waals surface area contributed by atoms with Gasteiger partial charge in [0.05, 0.1) is 19.2 Å². The van der Waals surface area contributed by atoms with Crippen LogP contribution in [0.4, 0.5) is 5.69 Å². The van der Waals surface area contributed by atoms with Gasteiger partial charge in [-0.2, -0.15) is 0 Å². The molecule has 1 aromatic carbocycles. The summed E-state index contributed by atoms with van der Waals surface area (Å²) in [6.45, 7) is 0.411. The van der Waals surface area contributed by atoms with Crippen LogP contribution < -0.4 is 5.32 Å².